The summed E-state index contributed by atoms with van der Waals surface area (Å²) in [6.45, 7) is 2.11. The summed E-state index contributed by atoms with van der Waals surface area (Å²) in [6, 6.07) is 9.51. The number of fused-ring (bicyclic) bond motifs is 1. The molecule has 3 aromatic heterocycles. The molecule has 1 aromatic carbocycles. The lowest BCUT2D eigenvalue weighted by Gasteiger charge is -2.42. The van der Waals surface area contributed by atoms with Crippen molar-refractivity contribution in [2.24, 2.45) is 0 Å². The fourth-order valence-corrected chi connectivity index (χ4v) is 4.98. The standard InChI is InChI=1S/C27H26FN9O2/c1-39-16-21-15-36(27(38)22-3-2-18(11-30)10-24(22)28)9-8-35(21)14-20(4-6-29)37-13-19(12-34-37)25-23-5-7-31-26(23)33-17-32-25/h2-3,5,7,10,12-13,17,20-21H,4,8-9,14-16H2,1H3,(H,31,32,33). The lowest BCUT2D eigenvalue weighted by atomic mass is 10.1. The van der Waals surface area contributed by atoms with Crippen LogP contribution in [0.2, 0.25) is 0 Å². The van der Waals surface area contributed by atoms with E-state index >= 15 is 0 Å². The molecule has 1 fully saturated rings. The molecule has 39 heavy (non-hydrogen) atoms. The van der Waals surface area contributed by atoms with Crippen molar-refractivity contribution in [2.45, 2.75) is 18.5 Å². The van der Waals surface area contributed by atoms with Gasteiger partial charge in [-0.15, -0.1) is 0 Å². The molecule has 1 saturated heterocycles. The largest absolute Gasteiger partial charge is 0.383 e. The average molecular weight is 528 g/mol. The first-order valence-electron chi connectivity index (χ1n) is 12.4. The molecule has 1 N–H and O–H groups in total. The maximum atomic E-state index is 14.5. The van der Waals surface area contributed by atoms with Crippen molar-refractivity contribution in [3.63, 3.8) is 0 Å². The number of rotatable bonds is 8. The van der Waals surface area contributed by atoms with Crippen molar-refractivity contribution >= 4 is 16.9 Å². The third-order valence-corrected chi connectivity index (χ3v) is 6.95. The summed E-state index contributed by atoms with van der Waals surface area (Å²) in [7, 11) is 1.59. The number of hydrogen-bond acceptors (Lipinski definition) is 8. The smallest absolute Gasteiger partial charge is 0.256 e. The monoisotopic (exact) mass is 527 g/mol. The third kappa shape index (κ3) is 5.34. The lowest BCUT2D eigenvalue weighted by Crippen LogP contribution is -2.57. The number of ether oxygens (including phenoxy) is 1. The maximum Gasteiger partial charge on any atom is 0.256 e. The highest BCUT2D eigenvalue weighted by Crippen LogP contribution is 2.26. The lowest BCUT2D eigenvalue weighted by molar-refractivity contribution is 0.0165. The molecule has 5 rings (SSSR count). The molecule has 4 aromatic rings. The van der Waals surface area contributed by atoms with E-state index in [4.69, 9.17) is 10.00 Å². The molecule has 0 radical (unpaired) electrons. The average Bonchev–Trinajstić information content (AvgIpc) is 3.63. The van der Waals surface area contributed by atoms with E-state index in [0.717, 1.165) is 28.4 Å². The Labute approximate surface area is 224 Å². The predicted octanol–water partition coefficient (Wildman–Crippen LogP) is 2.76. The number of aromatic nitrogens is 5. The number of nitrogens with zero attached hydrogens (tertiary/aromatic N) is 8. The Morgan fingerprint density at radius 1 is 1.28 bits per heavy atom. The van der Waals surface area contributed by atoms with Crippen molar-refractivity contribution in [2.75, 3.05) is 39.9 Å². The summed E-state index contributed by atoms with van der Waals surface area (Å²) in [5, 5.41) is 24.0. The third-order valence-electron chi connectivity index (χ3n) is 6.95. The van der Waals surface area contributed by atoms with Gasteiger partial charge in [-0.05, 0) is 24.3 Å². The number of carbonyl (C=O) groups is 1. The first-order valence-corrected chi connectivity index (χ1v) is 12.4. The van der Waals surface area contributed by atoms with Gasteiger partial charge >= 0.3 is 0 Å². The zero-order valence-electron chi connectivity index (χ0n) is 21.3. The summed E-state index contributed by atoms with van der Waals surface area (Å²) in [5.41, 5.74) is 2.40. The van der Waals surface area contributed by atoms with E-state index in [1.807, 2.05) is 24.5 Å². The first-order chi connectivity index (χ1) is 19.0. The van der Waals surface area contributed by atoms with Crippen LogP contribution in [0, 0.1) is 28.5 Å². The van der Waals surface area contributed by atoms with Gasteiger partial charge in [0.25, 0.3) is 5.91 Å². The van der Waals surface area contributed by atoms with Crippen LogP contribution in [0.15, 0.2) is 49.2 Å². The Balaban J connectivity index is 1.32. The number of nitrogens with one attached hydrogen (secondary N) is 1. The summed E-state index contributed by atoms with van der Waals surface area (Å²) in [4.78, 5) is 28.6. The molecule has 1 amide bonds. The fraction of sp³-hybridized carbons (Fsp3) is 0.333. The minimum Gasteiger partial charge on any atom is -0.383 e. The zero-order chi connectivity index (χ0) is 27.4. The van der Waals surface area contributed by atoms with Crippen LogP contribution in [0.5, 0.6) is 0 Å². The number of amides is 1. The van der Waals surface area contributed by atoms with Gasteiger partial charge in [0.1, 0.15) is 17.8 Å². The van der Waals surface area contributed by atoms with Gasteiger partial charge in [0, 0.05) is 56.6 Å². The van der Waals surface area contributed by atoms with Crippen LogP contribution < -0.4 is 0 Å². The van der Waals surface area contributed by atoms with Crippen molar-refractivity contribution < 1.29 is 13.9 Å². The van der Waals surface area contributed by atoms with Crippen molar-refractivity contribution in [1.29, 1.82) is 10.5 Å². The molecule has 0 aliphatic carbocycles. The second-order valence-corrected chi connectivity index (χ2v) is 9.35. The number of H-pyrrole nitrogens is 1. The second kappa shape index (κ2) is 11.4. The molecule has 1 aliphatic rings. The number of hydrogen-bond donors (Lipinski definition) is 1. The molecule has 4 heterocycles. The number of carbonyl (C=O) groups excluding carboxylic acids is 1. The minimum atomic E-state index is -0.714. The van der Waals surface area contributed by atoms with Crippen molar-refractivity contribution in [3.8, 4) is 23.4 Å². The van der Waals surface area contributed by atoms with Crippen molar-refractivity contribution in [1.82, 2.24) is 34.5 Å². The van der Waals surface area contributed by atoms with E-state index in [1.54, 1.807) is 22.9 Å². The van der Waals surface area contributed by atoms with Gasteiger partial charge in [0.15, 0.2) is 0 Å². The van der Waals surface area contributed by atoms with Crippen LogP contribution in [-0.2, 0) is 4.74 Å². The quantitative estimate of drug-likeness (QED) is 0.369. The van der Waals surface area contributed by atoms with E-state index in [2.05, 4.69) is 31.0 Å². The van der Waals surface area contributed by atoms with Gasteiger partial charge in [0.2, 0.25) is 0 Å². The molecule has 0 saturated carbocycles. The highest BCUT2D eigenvalue weighted by Gasteiger charge is 2.33. The topological polar surface area (TPSA) is 140 Å². The fourth-order valence-electron chi connectivity index (χ4n) is 4.98. The molecule has 12 heteroatoms. The maximum absolute atomic E-state index is 14.5. The first kappa shape index (κ1) is 26.0. The molecular weight excluding hydrogens is 501 g/mol. The van der Waals surface area contributed by atoms with Crippen LogP contribution in [0.1, 0.15) is 28.4 Å². The Morgan fingerprint density at radius 3 is 2.92 bits per heavy atom. The Morgan fingerprint density at radius 2 is 2.15 bits per heavy atom. The molecule has 0 spiro atoms. The van der Waals surface area contributed by atoms with Crippen LogP contribution in [0.25, 0.3) is 22.3 Å². The number of nitriles is 2. The van der Waals surface area contributed by atoms with Gasteiger partial charge in [-0.3, -0.25) is 14.4 Å². The number of aromatic amines is 1. The normalized spacial score (nSPS) is 16.6. The summed E-state index contributed by atoms with van der Waals surface area (Å²) in [6.07, 6.45) is 7.16. The van der Waals surface area contributed by atoms with Crippen LogP contribution >= 0.6 is 0 Å². The summed E-state index contributed by atoms with van der Waals surface area (Å²) < 4.78 is 21.7. The Kier molecular flexibility index (Phi) is 7.59. The Bertz CT molecular complexity index is 1570. The van der Waals surface area contributed by atoms with E-state index in [0.29, 0.717) is 32.8 Å². The molecular formula is C27H26FN9O2. The van der Waals surface area contributed by atoms with Gasteiger partial charge in [-0.1, -0.05) is 0 Å². The molecule has 0 bridgehead atoms. The van der Waals surface area contributed by atoms with Gasteiger partial charge in [-0.25, -0.2) is 14.4 Å². The van der Waals surface area contributed by atoms with E-state index in [9.17, 15) is 14.4 Å². The van der Waals surface area contributed by atoms with Crippen LogP contribution in [0.4, 0.5) is 4.39 Å². The minimum absolute atomic E-state index is 0.0636. The molecule has 2 unspecified atom stereocenters. The number of benzene rings is 1. The zero-order valence-corrected chi connectivity index (χ0v) is 21.3. The Hall–Kier alpha value is -4.65. The van der Waals surface area contributed by atoms with E-state index in [-0.39, 0.29) is 29.6 Å². The molecule has 11 nitrogen and oxygen atoms in total. The highest BCUT2D eigenvalue weighted by atomic mass is 19.1. The number of piperazine rings is 1. The van der Waals surface area contributed by atoms with Gasteiger partial charge in [0.05, 0.1) is 60.3 Å². The molecule has 1 aliphatic heterocycles. The van der Waals surface area contributed by atoms with Gasteiger partial charge in [-0.2, -0.15) is 15.6 Å². The molecule has 198 valence electrons. The number of halogens is 1. The van der Waals surface area contributed by atoms with Gasteiger partial charge < -0.3 is 14.6 Å². The van der Waals surface area contributed by atoms with Crippen molar-refractivity contribution in [3.05, 3.63) is 66.1 Å². The van der Waals surface area contributed by atoms with Crippen LogP contribution in [0.3, 0.4) is 0 Å². The molecule has 2 atom stereocenters. The van der Waals surface area contributed by atoms with E-state index < -0.39 is 11.7 Å². The van der Waals surface area contributed by atoms with Crippen LogP contribution in [-0.4, -0.2) is 86.4 Å². The second-order valence-electron chi connectivity index (χ2n) is 9.35. The predicted molar refractivity (Wildman–Crippen MR) is 139 cm³/mol. The number of methoxy groups -OCH3 is 1. The summed E-state index contributed by atoms with van der Waals surface area (Å²) >= 11 is 0. The van der Waals surface area contributed by atoms with E-state index in [1.165, 1.54) is 18.5 Å². The summed E-state index contributed by atoms with van der Waals surface area (Å²) in [5.74, 6) is -1.14. The SMILES string of the molecule is COCC1CN(C(=O)c2ccc(C#N)cc2F)CCN1CC(CC#N)n1cc(-c2ncnc3[nH]ccc23)cn1. The highest BCUT2D eigenvalue weighted by molar-refractivity contribution is 5.94.